The van der Waals surface area contributed by atoms with Crippen molar-refractivity contribution in [3.63, 3.8) is 0 Å². The maximum Gasteiger partial charge on any atom is 0.317 e. The molecule has 142 valence electrons. The molecule has 8 nitrogen and oxygen atoms in total. The molecule has 9 heteroatoms. The molecule has 2 aromatic heterocycles. The van der Waals surface area contributed by atoms with Gasteiger partial charge in [0.25, 0.3) is 11.1 Å². The number of ether oxygens (including phenoxy) is 1. The molecule has 2 heterocycles. The number of esters is 1. The van der Waals surface area contributed by atoms with Crippen molar-refractivity contribution in [3.8, 4) is 0 Å². The lowest BCUT2D eigenvalue weighted by molar-refractivity contribution is -0.150. The summed E-state index contributed by atoms with van der Waals surface area (Å²) < 4.78 is 12.4. The van der Waals surface area contributed by atoms with Crippen LogP contribution < -0.4 is 5.32 Å². The number of fused-ring (bicyclic) bond motifs is 1. The van der Waals surface area contributed by atoms with Gasteiger partial charge in [0.05, 0.1) is 17.1 Å². The first-order chi connectivity index (χ1) is 12.8. The summed E-state index contributed by atoms with van der Waals surface area (Å²) >= 11 is 1.12. The van der Waals surface area contributed by atoms with Crippen molar-refractivity contribution in [2.24, 2.45) is 7.05 Å². The number of oxazole rings is 1. The van der Waals surface area contributed by atoms with Crippen molar-refractivity contribution >= 4 is 40.4 Å². The number of carbonyl (C=O) groups excluding carboxylic acids is 2. The van der Waals surface area contributed by atoms with E-state index in [-0.39, 0.29) is 5.75 Å². The van der Waals surface area contributed by atoms with Crippen LogP contribution in [-0.2, 0) is 21.4 Å². The number of benzene rings is 1. The second-order valence-electron chi connectivity index (χ2n) is 6.03. The monoisotopic (exact) mass is 388 g/mol. The molecule has 1 aromatic carbocycles. The van der Waals surface area contributed by atoms with Gasteiger partial charge in [-0.3, -0.25) is 14.3 Å². The van der Waals surface area contributed by atoms with Crippen molar-refractivity contribution < 1.29 is 18.7 Å². The van der Waals surface area contributed by atoms with Gasteiger partial charge in [0.15, 0.2) is 11.7 Å². The largest absolute Gasteiger partial charge is 0.452 e. The molecule has 1 atom stereocenters. The zero-order valence-corrected chi connectivity index (χ0v) is 16.3. The highest BCUT2D eigenvalue weighted by Crippen LogP contribution is 2.23. The van der Waals surface area contributed by atoms with Gasteiger partial charge >= 0.3 is 5.97 Å². The summed E-state index contributed by atoms with van der Waals surface area (Å²) in [6, 6.07) is 7.34. The Labute approximate surface area is 160 Å². The number of rotatable bonds is 6. The Morgan fingerprint density at radius 3 is 2.74 bits per heavy atom. The molecule has 0 aliphatic rings. The highest BCUT2D eigenvalue weighted by Gasteiger charge is 2.21. The highest BCUT2D eigenvalue weighted by molar-refractivity contribution is 7.99. The van der Waals surface area contributed by atoms with Crippen LogP contribution in [0.2, 0.25) is 0 Å². The summed E-state index contributed by atoms with van der Waals surface area (Å²) in [5, 5.41) is 7.38. The third-order valence-corrected chi connectivity index (χ3v) is 4.82. The first-order valence-electron chi connectivity index (χ1n) is 8.34. The Morgan fingerprint density at radius 1 is 1.33 bits per heavy atom. The standard InChI is InChI=1S/C18H20N4O4S/c1-10-16(11(2)22(4)21-10)20-17(24)12(3)25-15(23)9-27-18-19-13-7-5-6-8-14(13)26-18/h5-8,12H,9H2,1-4H3,(H,20,24)/t12-/m0/s1. The summed E-state index contributed by atoms with van der Waals surface area (Å²) in [6.45, 7) is 5.18. The highest BCUT2D eigenvalue weighted by atomic mass is 32.2. The van der Waals surface area contributed by atoms with Crippen LogP contribution in [-0.4, -0.2) is 38.5 Å². The lowest BCUT2D eigenvalue weighted by atomic mass is 10.3. The van der Waals surface area contributed by atoms with E-state index in [4.69, 9.17) is 9.15 Å². The van der Waals surface area contributed by atoms with Gasteiger partial charge in [0.1, 0.15) is 11.3 Å². The molecule has 0 unspecified atom stereocenters. The molecular formula is C18H20N4O4S. The van der Waals surface area contributed by atoms with Crippen LogP contribution in [0, 0.1) is 13.8 Å². The van der Waals surface area contributed by atoms with Crippen molar-refractivity contribution in [2.45, 2.75) is 32.1 Å². The van der Waals surface area contributed by atoms with Gasteiger partial charge in [-0.05, 0) is 32.9 Å². The van der Waals surface area contributed by atoms with Crippen LogP contribution in [0.4, 0.5) is 5.69 Å². The third-order valence-electron chi connectivity index (χ3n) is 4.02. The third kappa shape index (κ3) is 4.30. The van der Waals surface area contributed by atoms with Gasteiger partial charge in [0, 0.05) is 7.05 Å². The van der Waals surface area contributed by atoms with Crippen LogP contribution >= 0.6 is 11.8 Å². The fourth-order valence-electron chi connectivity index (χ4n) is 2.50. The van der Waals surface area contributed by atoms with E-state index in [1.54, 1.807) is 24.7 Å². The quantitative estimate of drug-likeness (QED) is 0.512. The first kappa shape index (κ1) is 19.0. The molecule has 0 spiro atoms. The minimum Gasteiger partial charge on any atom is -0.452 e. The number of para-hydroxylation sites is 2. The SMILES string of the molecule is Cc1nn(C)c(C)c1NC(=O)[C@H](C)OC(=O)CSc1nc2ccccc2o1. The van der Waals surface area contributed by atoms with E-state index in [2.05, 4.69) is 15.4 Å². The van der Waals surface area contributed by atoms with Crippen LogP contribution in [0.3, 0.4) is 0 Å². The molecule has 0 saturated heterocycles. The fourth-order valence-corrected chi connectivity index (χ4v) is 3.12. The van der Waals surface area contributed by atoms with Gasteiger partial charge in [0.2, 0.25) is 0 Å². The second kappa shape index (κ2) is 7.83. The second-order valence-corrected chi connectivity index (χ2v) is 6.95. The number of thioether (sulfide) groups is 1. The number of hydrogen-bond donors (Lipinski definition) is 1. The van der Waals surface area contributed by atoms with E-state index in [0.29, 0.717) is 22.2 Å². The van der Waals surface area contributed by atoms with Crippen LogP contribution in [0.25, 0.3) is 11.1 Å². The van der Waals surface area contributed by atoms with E-state index in [1.807, 2.05) is 25.1 Å². The molecule has 0 fully saturated rings. The Balaban J connectivity index is 1.52. The lowest BCUT2D eigenvalue weighted by Crippen LogP contribution is -2.30. The molecule has 1 amide bonds. The predicted molar refractivity (Wildman–Crippen MR) is 102 cm³/mol. The number of amides is 1. The lowest BCUT2D eigenvalue weighted by Gasteiger charge is -2.13. The van der Waals surface area contributed by atoms with Crippen LogP contribution in [0.15, 0.2) is 33.9 Å². The Morgan fingerprint density at radius 2 is 2.07 bits per heavy atom. The average molecular weight is 388 g/mol. The number of nitrogens with zero attached hydrogens (tertiary/aromatic N) is 3. The fraction of sp³-hybridized carbons (Fsp3) is 0.333. The van der Waals surface area contributed by atoms with Gasteiger partial charge < -0.3 is 14.5 Å². The average Bonchev–Trinajstić information content (AvgIpc) is 3.15. The van der Waals surface area contributed by atoms with Crippen LogP contribution in [0.5, 0.6) is 0 Å². The summed E-state index contributed by atoms with van der Waals surface area (Å²) in [6.07, 6.45) is -0.930. The first-order valence-corrected chi connectivity index (χ1v) is 9.32. The molecule has 27 heavy (non-hydrogen) atoms. The van der Waals surface area contributed by atoms with E-state index in [0.717, 1.165) is 23.0 Å². The van der Waals surface area contributed by atoms with Crippen LogP contribution in [0.1, 0.15) is 18.3 Å². The summed E-state index contributed by atoms with van der Waals surface area (Å²) in [4.78, 5) is 28.6. The molecule has 1 N–H and O–H groups in total. The number of aryl methyl sites for hydroxylation is 2. The van der Waals surface area contributed by atoms with E-state index >= 15 is 0 Å². The van der Waals surface area contributed by atoms with E-state index in [9.17, 15) is 9.59 Å². The van der Waals surface area contributed by atoms with Crippen molar-refractivity contribution in [3.05, 3.63) is 35.7 Å². The van der Waals surface area contributed by atoms with Crippen molar-refractivity contribution in [1.29, 1.82) is 0 Å². The van der Waals surface area contributed by atoms with Gasteiger partial charge in [-0.2, -0.15) is 5.10 Å². The molecule has 0 aliphatic carbocycles. The molecule has 0 radical (unpaired) electrons. The number of nitrogens with one attached hydrogen (secondary N) is 1. The molecular weight excluding hydrogens is 368 g/mol. The minimum absolute atomic E-state index is 0.00457. The summed E-state index contributed by atoms with van der Waals surface area (Å²) in [5.74, 6) is -0.936. The molecule has 3 rings (SSSR count). The molecule has 0 bridgehead atoms. The van der Waals surface area contributed by atoms with Gasteiger partial charge in [-0.25, -0.2) is 4.98 Å². The Kier molecular flexibility index (Phi) is 5.50. The zero-order valence-electron chi connectivity index (χ0n) is 15.5. The molecule has 0 saturated carbocycles. The van der Waals surface area contributed by atoms with Gasteiger partial charge in [-0.15, -0.1) is 0 Å². The summed E-state index contributed by atoms with van der Waals surface area (Å²) in [5.41, 5.74) is 3.54. The number of anilines is 1. The van der Waals surface area contributed by atoms with Crippen molar-refractivity contribution in [2.75, 3.05) is 11.1 Å². The molecule has 3 aromatic rings. The Hall–Kier alpha value is -2.81. The normalized spacial score (nSPS) is 12.1. The number of aromatic nitrogens is 3. The maximum absolute atomic E-state index is 12.3. The smallest absolute Gasteiger partial charge is 0.317 e. The van der Waals surface area contributed by atoms with Crippen molar-refractivity contribution in [1.82, 2.24) is 14.8 Å². The predicted octanol–water partition coefficient (Wildman–Crippen LogP) is 2.84. The van der Waals surface area contributed by atoms with Gasteiger partial charge in [-0.1, -0.05) is 23.9 Å². The maximum atomic E-state index is 12.3. The number of carbonyl (C=O) groups is 2. The zero-order chi connectivity index (χ0) is 19.6. The van der Waals surface area contributed by atoms with E-state index in [1.165, 1.54) is 6.92 Å². The topological polar surface area (TPSA) is 99.2 Å². The molecule has 0 aliphatic heterocycles. The number of hydrogen-bond acceptors (Lipinski definition) is 7. The minimum atomic E-state index is -0.930. The summed E-state index contributed by atoms with van der Waals surface area (Å²) in [7, 11) is 1.80. The Bertz CT molecular complexity index is 962. The van der Waals surface area contributed by atoms with E-state index < -0.39 is 18.0 Å².